The molecule has 23 heavy (non-hydrogen) atoms. The average molecular weight is 302 g/mol. The summed E-state index contributed by atoms with van der Waals surface area (Å²) >= 11 is 0. The van der Waals surface area contributed by atoms with E-state index in [1.165, 1.54) is 0 Å². The summed E-state index contributed by atoms with van der Waals surface area (Å²) in [4.78, 5) is 12.7. The maximum Gasteiger partial charge on any atom is 0.205 e. The number of nitrogens with two attached hydrogens (primary N) is 1. The topological polar surface area (TPSA) is 66.2 Å². The van der Waals surface area contributed by atoms with Crippen molar-refractivity contribution in [1.29, 1.82) is 0 Å². The highest BCUT2D eigenvalue weighted by atomic mass is 16.5. The molecule has 0 radical (unpaired) electrons. The van der Waals surface area contributed by atoms with Crippen LogP contribution in [-0.4, -0.2) is 5.78 Å². The second-order valence-electron chi connectivity index (χ2n) is 5.56. The molecule has 3 aromatic rings. The molecule has 1 aliphatic rings. The van der Waals surface area contributed by atoms with Crippen LogP contribution in [0.1, 0.15) is 15.9 Å². The molecule has 0 aromatic heterocycles. The highest BCUT2D eigenvalue weighted by Crippen LogP contribution is 2.49. The SMILES string of the molecule is Nc1ccc([N+]2([O-])c3ccccc3C(=O)c3ccccc32)cc1. The van der Waals surface area contributed by atoms with E-state index in [9.17, 15) is 10.0 Å². The minimum Gasteiger partial charge on any atom is -0.616 e. The van der Waals surface area contributed by atoms with E-state index in [1.54, 1.807) is 72.8 Å². The lowest BCUT2D eigenvalue weighted by Gasteiger charge is -2.44. The summed E-state index contributed by atoms with van der Waals surface area (Å²) in [5.74, 6) is -0.115. The molecule has 2 N–H and O–H groups in total. The van der Waals surface area contributed by atoms with Crippen LogP contribution in [0.4, 0.5) is 22.7 Å². The fourth-order valence-electron chi connectivity index (χ4n) is 3.12. The number of anilines is 1. The first-order valence-corrected chi connectivity index (χ1v) is 7.32. The van der Waals surface area contributed by atoms with Crippen molar-refractivity contribution in [3.8, 4) is 0 Å². The molecular formula is C19H14N2O2. The van der Waals surface area contributed by atoms with Gasteiger partial charge in [-0.25, -0.2) is 0 Å². The maximum absolute atomic E-state index is 14.0. The number of nitrogen functional groups attached to an aromatic ring is 1. The van der Waals surface area contributed by atoms with Gasteiger partial charge in [-0.1, -0.05) is 24.3 Å². The number of carbonyl (C=O) groups excluding carboxylic acids is 1. The summed E-state index contributed by atoms with van der Waals surface area (Å²) in [7, 11) is 0. The van der Waals surface area contributed by atoms with Gasteiger partial charge in [0.2, 0.25) is 5.78 Å². The van der Waals surface area contributed by atoms with Gasteiger partial charge in [0.25, 0.3) is 0 Å². The van der Waals surface area contributed by atoms with Crippen LogP contribution >= 0.6 is 0 Å². The Hall–Kier alpha value is -2.95. The maximum atomic E-state index is 14.0. The number of quaternary nitrogens is 1. The van der Waals surface area contributed by atoms with Gasteiger partial charge < -0.3 is 10.9 Å². The average Bonchev–Trinajstić information content (AvgIpc) is 2.60. The largest absolute Gasteiger partial charge is 0.616 e. The first-order chi connectivity index (χ1) is 11.1. The summed E-state index contributed by atoms with van der Waals surface area (Å²) in [5.41, 5.74) is 8.61. The first-order valence-electron chi connectivity index (χ1n) is 7.32. The summed E-state index contributed by atoms with van der Waals surface area (Å²) in [6, 6.07) is 20.8. The predicted molar refractivity (Wildman–Crippen MR) is 91.7 cm³/mol. The van der Waals surface area contributed by atoms with Crippen molar-refractivity contribution in [2.24, 2.45) is 0 Å². The van der Waals surface area contributed by atoms with E-state index in [-0.39, 0.29) is 5.78 Å². The lowest BCUT2D eigenvalue weighted by Crippen LogP contribution is -2.37. The highest BCUT2D eigenvalue weighted by molar-refractivity contribution is 6.18. The van der Waals surface area contributed by atoms with E-state index < -0.39 is 4.65 Å². The molecule has 0 amide bonds. The minimum absolute atomic E-state index is 0.115. The zero-order valence-corrected chi connectivity index (χ0v) is 12.3. The van der Waals surface area contributed by atoms with Gasteiger partial charge in [-0.15, -0.1) is 0 Å². The Morgan fingerprint density at radius 1 is 0.739 bits per heavy atom. The van der Waals surface area contributed by atoms with Crippen molar-refractivity contribution in [3.05, 3.63) is 89.1 Å². The lowest BCUT2D eigenvalue weighted by molar-refractivity contribution is 0.103. The van der Waals surface area contributed by atoms with Gasteiger partial charge in [0.05, 0.1) is 11.1 Å². The second-order valence-corrected chi connectivity index (χ2v) is 5.56. The Kier molecular flexibility index (Phi) is 2.84. The molecule has 1 aliphatic heterocycles. The molecule has 4 heteroatoms. The normalized spacial score (nSPS) is 14.9. The van der Waals surface area contributed by atoms with Crippen molar-refractivity contribution in [3.63, 3.8) is 0 Å². The number of ketones is 1. The molecule has 0 spiro atoms. The molecule has 1 heterocycles. The molecule has 0 unspecified atom stereocenters. The molecule has 0 atom stereocenters. The van der Waals surface area contributed by atoms with E-state index in [0.717, 1.165) is 0 Å². The van der Waals surface area contributed by atoms with Gasteiger partial charge in [0.1, 0.15) is 5.69 Å². The van der Waals surface area contributed by atoms with E-state index in [2.05, 4.69) is 0 Å². The van der Waals surface area contributed by atoms with Gasteiger partial charge in [-0.2, -0.15) is 0 Å². The second kappa shape index (κ2) is 4.78. The van der Waals surface area contributed by atoms with Crippen LogP contribution in [0.3, 0.4) is 0 Å². The third-order valence-electron chi connectivity index (χ3n) is 4.23. The Bertz CT molecular complexity index is 867. The highest BCUT2D eigenvalue weighted by Gasteiger charge is 2.39. The van der Waals surface area contributed by atoms with E-state index in [4.69, 9.17) is 5.73 Å². The van der Waals surface area contributed by atoms with Gasteiger partial charge in [0, 0.05) is 30.0 Å². The fourth-order valence-corrected chi connectivity index (χ4v) is 3.12. The van der Waals surface area contributed by atoms with Crippen LogP contribution in [-0.2, 0) is 0 Å². The van der Waals surface area contributed by atoms with Crippen LogP contribution in [0.15, 0.2) is 72.8 Å². The number of rotatable bonds is 1. The minimum atomic E-state index is -0.793. The number of hydrogen-bond acceptors (Lipinski definition) is 3. The standard InChI is InChI=1S/C19H14N2O2/c20-13-9-11-14(12-10-13)21(23)17-7-3-1-5-15(17)19(22)16-6-2-4-8-18(16)21/h1-12H,20H2. The zero-order chi connectivity index (χ0) is 16.0. The smallest absolute Gasteiger partial charge is 0.205 e. The van der Waals surface area contributed by atoms with Gasteiger partial charge >= 0.3 is 0 Å². The summed E-state index contributed by atoms with van der Waals surface area (Å²) in [6.07, 6.45) is 0. The van der Waals surface area contributed by atoms with Crippen molar-refractivity contribution in [1.82, 2.24) is 4.65 Å². The van der Waals surface area contributed by atoms with Gasteiger partial charge in [-0.3, -0.25) is 9.44 Å². The van der Waals surface area contributed by atoms with Crippen molar-refractivity contribution >= 4 is 28.5 Å². The number of carbonyl (C=O) groups is 1. The zero-order valence-electron chi connectivity index (χ0n) is 12.3. The predicted octanol–water partition coefficient (Wildman–Crippen LogP) is 4.28. The van der Waals surface area contributed by atoms with Crippen LogP contribution < -0.4 is 10.4 Å². The molecule has 0 saturated heterocycles. The van der Waals surface area contributed by atoms with E-state index >= 15 is 0 Å². The van der Waals surface area contributed by atoms with Gasteiger partial charge in [-0.05, 0) is 24.3 Å². The fraction of sp³-hybridized carbons (Fsp3) is 0. The third kappa shape index (κ3) is 1.83. The summed E-state index contributed by atoms with van der Waals surface area (Å²) in [5, 5.41) is 14.0. The number of fused-ring (bicyclic) bond motifs is 2. The molecule has 0 aliphatic carbocycles. The third-order valence-corrected chi connectivity index (χ3v) is 4.23. The number of benzene rings is 3. The molecule has 112 valence electrons. The van der Waals surface area contributed by atoms with Crippen molar-refractivity contribution < 1.29 is 4.79 Å². The van der Waals surface area contributed by atoms with Crippen LogP contribution in [0.2, 0.25) is 0 Å². The van der Waals surface area contributed by atoms with Crippen molar-refractivity contribution in [2.45, 2.75) is 0 Å². The molecule has 0 fully saturated rings. The molecule has 0 saturated carbocycles. The monoisotopic (exact) mass is 302 g/mol. The Balaban J connectivity index is 2.09. The van der Waals surface area contributed by atoms with E-state index in [0.29, 0.717) is 33.9 Å². The molecule has 3 aromatic carbocycles. The number of nitrogens with zero attached hydrogens (tertiary/aromatic N) is 1. The van der Waals surface area contributed by atoms with Crippen LogP contribution in [0.25, 0.3) is 0 Å². The Labute approximate surface area is 133 Å². The Morgan fingerprint density at radius 3 is 1.74 bits per heavy atom. The van der Waals surface area contributed by atoms with Gasteiger partial charge in [0.15, 0.2) is 11.4 Å². The van der Waals surface area contributed by atoms with Crippen LogP contribution in [0, 0.1) is 5.21 Å². The molecule has 4 nitrogen and oxygen atoms in total. The summed E-state index contributed by atoms with van der Waals surface area (Å²) in [6.45, 7) is 0. The van der Waals surface area contributed by atoms with Crippen LogP contribution in [0.5, 0.6) is 0 Å². The Morgan fingerprint density at radius 2 is 1.22 bits per heavy atom. The van der Waals surface area contributed by atoms with E-state index in [1.807, 2.05) is 0 Å². The number of para-hydroxylation sites is 2. The quantitative estimate of drug-likeness (QED) is 0.414. The first kappa shape index (κ1) is 13.7. The number of hydrogen-bond donors (Lipinski definition) is 1. The lowest BCUT2D eigenvalue weighted by atomic mass is 9.93. The molecular weight excluding hydrogens is 288 g/mol. The van der Waals surface area contributed by atoms with Crippen molar-refractivity contribution in [2.75, 3.05) is 5.73 Å². The molecule has 4 rings (SSSR count). The molecule has 0 bridgehead atoms. The summed E-state index contributed by atoms with van der Waals surface area (Å²) < 4.78 is -0.793.